The van der Waals surface area contributed by atoms with E-state index in [0.29, 0.717) is 36.8 Å². The fourth-order valence-electron chi connectivity index (χ4n) is 5.03. The van der Waals surface area contributed by atoms with Crippen molar-refractivity contribution in [1.82, 2.24) is 19.7 Å². The second-order valence-electron chi connectivity index (χ2n) is 10.2. The fourth-order valence-corrected chi connectivity index (χ4v) is 5.03. The molecule has 1 aliphatic carbocycles. The number of nitrogens with one attached hydrogen (secondary N) is 1. The highest BCUT2D eigenvalue weighted by Gasteiger charge is 2.35. The van der Waals surface area contributed by atoms with Crippen molar-refractivity contribution in [2.24, 2.45) is 0 Å². The van der Waals surface area contributed by atoms with E-state index in [1.807, 2.05) is 41.5 Å². The Kier molecular flexibility index (Phi) is 6.25. The lowest BCUT2D eigenvalue weighted by Gasteiger charge is -2.38. The van der Waals surface area contributed by atoms with E-state index < -0.39 is 5.60 Å². The van der Waals surface area contributed by atoms with E-state index in [-0.39, 0.29) is 12.0 Å². The lowest BCUT2D eigenvalue weighted by molar-refractivity contribution is -0.0498. The van der Waals surface area contributed by atoms with Gasteiger partial charge in [0.15, 0.2) is 0 Å². The third-order valence-electron chi connectivity index (χ3n) is 7.61. The van der Waals surface area contributed by atoms with Crippen molar-refractivity contribution >= 4 is 28.2 Å². The maximum atomic E-state index is 12.8. The van der Waals surface area contributed by atoms with Gasteiger partial charge in [-0.25, -0.2) is 4.98 Å². The zero-order chi connectivity index (χ0) is 26.3. The Hall–Kier alpha value is -3.95. The molecular formula is C29H31N5O4. The summed E-state index contributed by atoms with van der Waals surface area (Å²) in [6.45, 7) is 1.73. The van der Waals surface area contributed by atoms with E-state index in [1.54, 1.807) is 31.3 Å². The van der Waals surface area contributed by atoms with Gasteiger partial charge in [-0.05, 0) is 60.5 Å². The molecule has 2 aromatic heterocycles. The number of ether oxygens (including phenoxy) is 2. The molecule has 1 aliphatic heterocycles. The first kappa shape index (κ1) is 24.4. The summed E-state index contributed by atoms with van der Waals surface area (Å²) in [6, 6.07) is 13.6. The highest BCUT2D eigenvalue weighted by molar-refractivity contribution is 5.96. The van der Waals surface area contributed by atoms with Crippen molar-refractivity contribution in [3.63, 3.8) is 0 Å². The fraction of sp³-hybridized carbons (Fsp3) is 0.345. The molecule has 4 aromatic rings. The third-order valence-corrected chi connectivity index (χ3v) is 7.61. The number of fused-ring (bicyclic) bond motifs is 1. The van der Waals surface area contributed by atoms with E-state index in [2.05, 4.69) is 27.5 Å². The maximum absolute atomic E-state index is 12.8. The molecular weight excluding hydrogens is 482 g/mol. The van der Waals surface area contributed by atoms with Crippen LogP contribution in [0.1, 0.15) is 29.6 Å². The molecule has 0 unspecified atom stereocenters. The Morgan fingerprint density at radius 3 is 2.66 bits per heavy atom. The molecule has 1 saturated heterocycles. The lowest BCUT2D eigenvalue weighted by atomic mass is 9.80. The molecule has 2 aromatic carbocycles. The minimum absolute atomic E-state index is 0.0373. The molecule has 1 amide bonds. The first-order valence-corrected chi connectivity index (χ1v) is 12.9. The number of carbonyl (C=O) groups is 1. The molecule has 6 rings (SSSR count). The molecule has 38 heavy (non-hydrogen) atoms. The van der Waals surface area contributed by atoms with Crippen molar-refractivity contribution in [3.8, 4) is 16.9 Å². The van der Waals surface area contributed by atoms with E-state index in [0.717, 1.165) is 46.8 Å². The number of carbonyl (C=O) groups excluding carboxylic acids is 1. The van der Waals surface area contributed by atoms with Crippen LogP contribution < -0.4 is 10.1 Å². The van der Waals surface area contributed by atoms with Gasteiger partial charge in [-0.15, -0.1) is 0 Å². The SMILES string of the molecule is COc1cc(C(=O)N2CC(OC)C2)ccc1Nc1cc2cc(-c3cnn(CC4(O)CCC4)c3)ccc2cn1. The van der Waals surface area contributed by atoms with Gasteiger partial charge in [-0.1, -0.05) is 12.1 Å². The number of likely N-dealkylation sites (tertiary alicyclic amines) is 1. The van der Waals surface area contributed by atoms with Gasteiger partial charge in [0.05, 0.1) is 37.2 Å². The van der Waals surface area contributed by atoms with Crippen LogP contribution in [0.5, 0.6) is 5.75 Å². The van der Waals surface area contributed by atoms with Gasteiger partial charge in [0.2, 0.25) is 0 Å². The zero-order valence-electron chi connectivity index (χ0n) is 21.6. The number of rotatable bonds is 8. The van der Waals surface area contributed by atoms with Crippen LogP contribution in [-0.4, -0.2) is 69.7 Å². The molecule has 2 N–H and O–H groups in total. The molecule has 0 spiro atoms. The first-order valence-electron chi connectivity index (χ1n) is 12.9. The van der Waals surface area contributed by atoms with E-state index >= 15 is 0 Å². The summed E-state index contributed by atoms with van der Waals surface area (Å²) in [4.78, 5) is 19.1. The highest BCUT2D eigenvalue weighted by atomic mass is 16.5. The standard InChI is InChI=1S/C29H31N5O4/c1-37-24-16-33(17-24)28(35)20-6-7-25(26(11-20)38-2)32-27-12-22-10-19(4-5-21(22)13-30-27)23-14-31-34(15-23)18-29(36)8-3-9-29/h4-7,10-15,24,36H,3,8-9,16-18H2,1-2H3,(H,30,32). The number of methoxy groups -OCH3 is 2. The summed E-state index contributed by atoms with van der Waals surface area (Å²) in [5.74, 6) is 1.20. The number of aromatic nitrogens is 3. The molecule has 2 fully saturated rings. The number of anilines is 2. The van der Waals surface area contributed by atoms with Gasteiger partial charge in [0.1, 0.15) is 11.6 Å². The summed E-state index contributed by atoms with van der Waals surface area (Å²) in [5, 5.41) is 20.3. The van der Waals surface area contributed by atoms with Crippen LogP contribution in [-0.2, 0) is 11.3 Å². The number of benzene rings is 2. The highest BCUT2D eigenvalue weighted by Crippen LogP contribution is 2.34. The number of hydrogen-bond donors (Lipinski definition) is 2. The summed E-state index contributed by atoms with van der Waals surface area (Å²) >= 11 is 0. The number of pyridine rings is 1. The van der Waals surface area contributed by atoms with Crippen LogP contribution in [0, 0.1) is 0 Å². The Morgan fingerprint density at radius 2 is 1.92 bits per heavy atom. The quantitative estimate of drug-likeness (QED) is 0.363. The molecule has 0 atom stereocenters. The lowest BCUT2D eigenvalue weighted by Crippen LogP contribution is -2.54. The largest absolute Gasteiger partial charge is 0.495 e. The predicted octanol–water partition coefficient (Wildman–Crippen LogP) is 4.24. The average Bonchev–Trinajstić information content (AvgIpc) is 3.35. The van der Waals surface area contributed by atoms with E-state index in [4.69, 9.17) is 9.47 Å². The molecule has 0 bridgehead atoms. The Balaban J connectivity index is 1.20. The monoisotopic (exact) mass is 513 g/mol. The topological polar surface area (TPSA) is 102 Å². The van der Waals surface area contributed by atoms with Crippen LogP contribution in [0.25, 0.3) is 21.9 Å². The maximum Gasteiger partial charge on any atom is 0.254 e. The van der Waals surface area contributed by atoms with Gasteiger partial charge in [-0.3, -0.25) is 9.48 Å². The van der Waals surface area contributed by atoms with Crippen LogP contribution >= 0.6 is 0 Å². The minimum Gasteiger partial charge on any atom is -0.495 e. The second-order valence-corrected chi connectivity index (χ2v) is 10.2. The summed E-state index contributed by atoms with van der Waals surface area (Å²) in [7, 11) is 3.25. The zero-order valence-corrected chi connectivity index (χ0v) is 21.6. The number of amides is 1. The Bertz CT molecular complexity index is 1490. The Morgan fingerprint density at radius 1 is 1.08 bits per heavy atom. The predicted molar refractivity (Wildman–Crippen MR) is 145 cm³/mol. The van der Waals surface area contributed by atoms with Crippen molar-refractivity contribution < 1.29 is 19.4 Å². The van der Waals surface area contributed by atoms with Crippen molar-refractivity contribution in [2.75, 3.05) is 32.6 Å². The van der Waals surface area contributed by atoms with Gasteiger partial charge in [0, 0.05) is 49.1 Å². The third kappa shape index (κ3) is 4.70. The normalized spacial score (nSPS) is 16.7. The summed E-state index contributed by atoms with van der Waals surface area (Å²) < 4.78 is 12.7. The molecule has 1 saturated carbocycles. The molecule has 3 heterocycles. The van der Waals surface area contributed by atoms with Gasteiger partial charge in [-0.2, -0.15) is 5.10 Å². The number of hydrogen-bond acceptors (Lipinski definition) is 7. The smallest absolute Gasteiger partial charge is 0.254 e. The second kappa shape index (κ2) is 9.74. The average molecular weight is 514 g/mol. The van der Waals surface area contributed by atoms with Gasteiger partial charge < -0.3 is 24.8 Å². The first-order chi connectivity index (χ1) is 18.4. The summed E-state index contributed by atoms with van der Waals surface area (Å²) in [5.41, 5.74) is 2.72. The van der Waals surface area contributed by atoms with Crippen LogP contribution in [0.3, 0.4) is 0 Å². The summed E-state index contributed by atoms with van der Waals surface area (Å²) in [6.07, 6.45) is 8.50. The molecule has 2 aliphatic rings. The van der Waals surface area contributed by atoms with Gasteiger partial charge in [0.25, 0.3) is 5.91 Å². The van der Waals surface area contributed by atoms with E-state index in [9.17, 15) is 9.90 Å². The minimum atomic E-state index is -0.618. The Labute approximate surface area is 221 Å². The molecule has 9 heteroatoms. The van der Waals surface area contributed by atoms with Crippen molar-refractivity contribution in [1.29, 1.82) is 0 Å². The van der Waals surface area contributed by atoms with Crippen molar-refractivity contribution in [3.05, 3.63) is 66.6 Å². The van der Waals surface area contributed by atoms with Crippen molar-refractivity contribution in [2.45, 2.75) is 37.5 Å². The van der Waals surface area contributed by atoms with Crippen LogP contribution in [0.4, 0.5) is 11.5 Å². The molecule has 9 nitrogen and oxygen atoms in total. The number of aliphatic hydroxyl groups is 1. The number of nitrogens with zero attached hydrogens (tertiary/aromatic N) is 4. The van der Waals surface area contributed by atoms with Gasteiger partial charge >= 0.3 is 0 Å². The molecule has 196 valence electrons. The van der Waals surface area contributed by atoms with Crippen LogP contribution in [0.15, 0.2) is 61.1 Å². The van der Waals surface area contributed by atoms with Crippen LogP contribution in [0.2, 0.25) is 0 Å². The van der Waals surface area contributed by atoms with E-state index in [1.165, 1.54) is 0 Å². The molecule has 0 radical (unpaired) electrons.